The molecule has 148 valence electrons. The third-order valence-corrected chi connectivity index (χ3v) is 6.01. The zero-order valence-corrected chi connectivity index (χ0v) is 17.7. The van der Waals surface area contributed by atoms with Crippen LogP contribution in [0.2, 0.25) is 0 Å². The van der Waals surface area contributed by atoms with Gasteiger partial charge >= 0.3 is 0 Å². The first kappa shape index (κ1) is 19.3. The fourth-order valence-corrected chi connectivity index (χ4v) is 4.38. The van der Waals surface area contributed by atoms with E-state index >= 15 is 0 Å². The Balaban J connectivity index is 1.58. The highest BCUT2D eigenvalue weighted by Crippen LogP contribution is 2.32. The summed E-state index contributed by atoms with van der Waals surface area (Å²) in [5.74, 6) is -0.0647. The monoisotopic (exact) mass is 404 g/mol. The molecule has 29 heavy (non-hydrogen) atoms. The van der Waals surface area contributed by atoms with E-state index in [9.17, 15) is 4.79 Å². The lowest BCUT2D eigenvalue weighted by Gasteiger charge is -2.18. The number of pyridine rings is 1. The highest BCUT2D eigenvalue weighted by atomic mass is 32.1. The van der Waals surface area contributed by atoms with E-state index in [2.05, 4.69) is 65.0 Å². The quantitative estimate of drug-likeness (QED) is 0.489. The molecule has 1 atom stereocenters. The van der Waals surface area contributed by atoms with Gasteiger partial charge in [0.1, 0.15) is 6.54 Å². The Kier molecular flexibility index (Phi) is 5.45. The fraction of sp³-hybridized carbons (Fsp3) is 0.261. The molecule has 3 heterocycles. The van der Waals surface area contributed by atoms with Crippen LogP contribution in [-0.4, -0.2) is 20.7 Å². The summed E-state index contributed by atoms with van der Waals surface area (Å²) in [7, 11) is 0. The lowest BCUT2D eigenvalue weighted by atomic mass is 10.0. The smallest absolute Gasteiger partial charge is 0.242 e. The van der Waals surface area contributed by atoms with Crippen LogP contribution in [0.25, 0.3) is 21.5 Å². The summed E-state index contributed by atoms with van der Waals surface area (Å²) in [6.07, 6.45) is 2.61. The Morgan fingerprint density at radius 1 is 1.17 bits per heavy atom. The van der Waals surface area contributed by atoms with E-state index in [1.165, 1.54) is 10.4 Å². The predicted molar refractivity (Wildman–Crippen MR) is 118 cm³/mol. The number of fused-ring (bicyclic) bond motifs is 1. The first-order valence-corrected chi connectivity index (χ1v) is 10.7. The molecule has 0 aliphatic carbocycles. The number of thiophene rings is 1. The van der Waals surface area contributed by atoms with Gasteiger partial charge in [0, 0.05) is 16.6 Å². The molecule has 3 aromatic heterocycles. The van der Waals surface area contributed by atoms with Crippen molar-refractivity contribution in [2.24, 2.45) is 0 Å². The van der Waals surface area contributed by atoms with Crippen LogP contribution in [0.15, 0.2) is 54.0 Å². The molecule has 0 bridgehead atoms. The Bertz CT molecular complexity index is 1130. The Hall–Kier alpha value is -2.99. The van der Waals surface area contributed by atoms with E-state index in [-0.39, 0.29) is 18.5 Å². The van der Waals surface area contributed by atoms with Gasteiger partial charge in [0.2, 0.25) is 5.91 Å². The maximum atomic E-state index is 12.8. The van der Waals surface area contributed by atoms with Crippen molar-refractivity contribution in [3.8, 4) is 10.4 Å². The average Bonchev–Trinajstić information content (AvgIpc) is 3.36. The highest BCUT2D eigenvalue weighted by Gasteiger charge is 2.18. The Morgan fingerprint density at radius 2 is 1.97 bits per heavy atom. The van der Waals surface area contributed by atoms with Crippen LogP contribution in [-0.2, 0) is 11.3 Å². The van der Waals surface area contributed by atoms with Gasteiger partial charge in [0.15, 0.2) is 5.65 Å². The van der Waals surface area contributed by atoms with Crippen LogP contribution in [0.5, 0.6) is 0 Å². The fourth-order valence-electron chi connectivity index (χ4n) is 3.62. The number of benzene rings is 1. The van der Waals surface area contributed by atoms with Gasteiger partial charge in [-0.2, -0.15) is 5.10 Å². The van der Waals surface area contributed by atoms with E-state index in [0.717, 1.165) is 34.3 Å². The van der Waals surface area contributed by atoms with Crippen molar-refractivity contribution >= 4 is 28.3 Å². The van der Waals surface area contributed by atoms with Gasteiger partial charge in [-0.15, -0.1) is 11.3 Å². The number of rotatable bonds is 6. The zero-order chi connectivity index (χ0) is 20.4. The molecule has 0 aliphatic rings. The average molecular weight is 405 g/mol. The molecule has 5 nitrogen and oxygen atoms in total. The molecule has 1 N–H and O–H groups in total. The van der Waals surface area contributed by atoms with Crippen molar-refractivity contribution in [3.63, 3.8) is 0 Å². The molecular formula is C23H24N4OS. The summed E-state index contributed by atoms with van der Waals surface area (Å²) in [6, 6.07) is 14.4. The number of nitrogens with one attached hydrogen (secondary N) is 1. The summed E-state index contributed by atoms with van der Waals surface area (Å²) >= 11 is 1.69. The molecule has 1 amide bonds. The number of hydrogen-bond acceptors (Lipinski definition) is 4. The molecule has 0 radical (unpaired) electrons. The van der Waals surface area contributed by atoms with Gasteiger partial charge in [-0.1, -0.05) is 42.8 Å². The van der Waals surface area contributed by atoms with Gasteiger partial charge in [-0.3, -0.25) is 4.79 Å². The van der Waals surface area contributed by atoms with Crippen LogP contribution in [0.3, 0.4) is 0 Å². The Labute approximate surface area is 174 Å². The van der Waals surface area contributed by atoms with Crippen LogP contribution < -0.4 is 5.32 Å². The molecule has 0 aliphatic heterocycles. The number of amides is 1. The molecule has 4 rings (SSSR count). The second kappa shape index (κ2) is 8.17. The van der Waals surface area contributed by atoms with Crippen LogP contribution in [0.4, 0.5) is 0 Å². The van der Waals surface area contributed by atoms with Crippen molar-refractivity contribution in [2.45, 2.75) is 39.8 Å². The van der Waals surface area contributed by atoms with Gasteiger partial charge in [-0.25, -0.2) is 9.67 Å². The standard InChI is InChI=1S/C23H24N4OS/c1-4-19(17-9-7-15(2)8-10-17)25-21(28)14-27-23-22(16(3)26-27)18(11-12-24-23)20-6-5-13-29-20/h5-13,19H,4,14H2,1-3H3,(H,25,28). The third kappa shape index (κ3) is 3.93. The normalized spacial score (nSPS) is 12.2. The third-order valence-electron chi connectivity index (χ3n) is 5.11. The van der Waals surface area contributed by atoms with E-state index < -0.39 is 0 Å². The molecule has 0 saturated heterocycles. The second-order valence-electron chi connectivity index (χ2n) is 7.22. The van der Waals surface area contributed by atoms with Gasteiger partial charge in [0.05, 0.1) is 17.1 Å². The number of hydrogen-bond donors (Lipinski definition) is 1. The zero-order valence-electron chi connectivity index (χ0n) is 16.8. The van der Waals surface area contributed by atoms with Crippen molar-refractivity contribution in [1.82, 2.24) is 20.1 Å². The number of carbonyl (C=O) groups excluding carboxylic acids is 1. The molecule has 1 aromatic carbocycles. The lowest BCUT2D eigenvalue weighted by Crippen LogP contribution is -2.31. The summed E-state index contributed by atoms with van der Waals surface area (Å²) < 4.78 is 1.71. The topological polar surface area (TPSA) is 59.8 Å². The van der Waals surface area contributed by atoms with E-state index in [1.807, 2.05) is 19.1 Å². The maximum Gasteiger partial charge on any atom is 0.242 e. The van der Waals surface area contributed by atoms with Crippen molar-refractivity contribution in [1.29, 1.82) is 0 Å². The predicted octanol–water partition coefficient (Wildman–Crippen LogP) is 5.04. The number of aromatic nitrogens is 3. The second-order valence-corrected chi connectivity index (χ2v) is 8.16. The van der Waals surface area contributed by atoms with Gasteiger partial charge in [0.25, 0.3) is 0 Å². The number of nitrogens with zero attached hydrogens (tertiary/aromatic N) is 3. The van der Waals surface area contributed by atoms with Gasteiger partial charge < -0.3 is 5.32 Å². The summed E-state index contributed by atoms with van der Waals surface area (Å²) in [5, 5.41) is 10.8. The minimum Gasteiger partial charge on any atom is -0.348 e. The molecule has 0 fully saturated rings. The molecule has 1 unspecified atom stereocenters. The molecule has 4 aromatic rings. The van der Waals surface area contributed by atoms with Crippen molar-refractivity contribution in [3.05, 3.63) is 70.9 Å². The Morgan fingerprint density at radius 3 is 2.66 bits per heavy atom. The summed E-state index contributed by atoms with van der Waals surface area (Å²) in [5.41, 5.74) is 5.06. The summed E-state index contributed by atoms with van der Waals surface area (Å²) in [6.45, 7) is 6.25. The minimum atomic E-state index is -0.0647. The van der Waals surface area contributed by atoms with Gasteiger partial charge in [-0.05, 0) is 43.3 Å². The molecule has 0 saturated carbocycles. The minimum absolute atomic E-state index is 0.0133. The number of carbonyl (C=O) groups is 1. The largest absolute Gasteiger partial charge is 0.348 e. The first-order valence-electron chi connectivity index (χ1n) is 9.78. The van der Waals surface area contributed by atoms with Crippen molar-refractivity contribution < 1.29 is 4.79 Å². The van der Waals surface area contributed by atoms with E-state index in [1.54, 1.807) is 22.2 Å². The molecular weight excluding hydrogens is 380 g/mol. The SMILES string of the molecule is CCC(NC(=O)Cn1nc(C)c2c(-c3cccs3)ccnc21)c1ccc(C)cc1. The summed E-state index contributed by atoms with van der Waals surface area (Å²) in [4.78, 5) is 18.5. The first-order chi connectivity index (χ1) is 14.1. The van der Waals surface area contributed by atoms with E-state index in [4.69, 9.17) is 0 Å². The lowest BCUT2D eigenvalue weighted by molar-refractivity contribution is -0.122. The van der Waals surface area contributed by atoms with Crippen LogP contribution in [0.1, 0.15) is 36.2 Å². The maximum absolute atomic E-state index is 12.8. The number of aryl methyl sites for hydroxylation is 2. The van der Waals surface area contributed by atoms with Crippen LogP contribution in [0, 0.1) is 13.8 Å². The van der Waals surface area contributed by atoms with E-state index in [0.29, 0.717) is 0 Å². The van der Waals surface area contributed by atoms with Crippen molar-refractivity contribution in [2.75, 3.05) is 0 Å². The molecule has 0 spiro atoms. The molecule has 6 heteroatoms. The highest BCUT2D eigenvalue weighted by molar-refractivity contribution is 7.13. The van der Waals surface area contributed by atoms with Crippen LogP contribution >= 0.6 is 11.3 Å².